The minimum atomic E-state index is -1.24. The highest BCUT2D eigenvalue weighted by Crippen LogP contribution is 2.17. The molecule has 0 unspecified atom stereocenters. The van der Waals surface area contributed by atoms with Crippen LogP contribution < -0.4 is 4.90 Å². The summed E-state index contributed by atoms with van der Waals surface area (Å²) in [5, 5.41) is 0. The molecule has 0 spiro atoms. The first-order chi connectivity index (χ1) is 9.90. The summed E-state index contributed by atoms with van der Waals surface area (Å²) in [6.45, 7) is 0. The molecule has 0 bridgehead atoms. The van der Waals surface area contributed by atoms with Gasteiger partial charge in [-0.2, -0.15) is 0 Å². The fourth-order valence-corrected chi connectivity index (χ4v) is 1.80. The van der Waals surface area contributed by atoms with Crippen molar-refractivity contribution in [3.63, 3.8) is 0 Å². The Morgan fingerprint density at radius 1 is 1.00 bits per heavy atom. The van der Waals surface area contributed by atoms with Crippen LogP contribution in [0.1, 0.15) is 16.8 Å². The summed E-state index contributed by atoms with van der Waals surface area (Å²) in [5.74, 6) is -3.11. The Morgan fingerprint density at radius 2 is 1.48 bits per heavy atom. The van der Waals surface area contributed by atoms with Crippen molar-refractivity contribution in [1.82, 2.24) is 0 Å². The first kappa shape index (κ1) is 16.7. The van der Waals surface area contributed by atoms with Crippen LogP contribution in [0.2, 0.25) is 0 Å². The van der Waals surface area contributed by atoms with Crippen molar-refractivity contribution in [1.29, 1.82) is 0 Å². The SMILES string of the molecule is COC(=O)C(CC(=O)c1ccc(N(C)C)cc1)C(=O)OC. The molecule has 0 atom stereocenters. The maximum absolute atomic E-state index is 12.1. The van der Waals surface area contributed by atoms with Gasteiger partial charge in [-0.05, 0) is 24.3 Å². The zero-order valence-corrected chi connectivity index (χ0v) is 12.6. The minimum absolute atomic E-state index is 0.277. The number of Topliss-reactive ketones (excluding diaryl/α,β-unsaturated/α-hetero) is 1. The number of rotatable bonds is 6. The third-order valence-corrected chi connectivity index (χ3v) is 3.07. The number of nitrogens with zero attached hydrogens (tertiary/aromatic N) is 1. The van der Waals surface area contributed by atoms with Gasteiger partial charge in [-0.1, -0.05) is 0 Å². The van der Waals surface area contributed by atoms with E-state index in [0.717, 1.165) is 19.9 Å². The second kappa shape index (κ2) is 7.42. The lowest BCUT2D eigenvalue weighted by atomic mass is 9.98. The number of ketones is 1. The predicted molar refractivity (Wildman–Crippen MR) is 77.2 cm³/mol. The number of anilines is 1. The maximum atomic E-state index is 12.1. The van der Waals surface area contributed by atoms with Gasteiger partial charge in [-0.15, -0.1) is 0 Å². The normalized spacial score (nSPS) is 10.1. The van der Waals surface area contributed by atoms with E-state index in [4.69, 9.17) is 0 Å². The minimum Gasteiger partial charge on any atom is -0.468 e. The van der Waals surface area contributed by atoms with E-state index >= 15 is 0 Å². The van der Waals surface area contributed by atoms with E-state index in [2.05, 4.69) is 9.47 Å². The number of methoxy groups -OCH3 is 2. The van der Waals surface area contributed by atoms with Crippen LogP contribution in [-0.2, 0) is 19.1 Å². The van der Waals surface area contributed by atoms with Crippen molar-refractivity contribution in [2.45, 2.75) is 6.42 Å². The molecule has 0 saturated heterocycles. The maximum Gasteiger partial charge on any atom is 0.320 e. The monoisotopic (exact) mass is 293 g/mol. The molecule has 0 saturated carbocycles. The first-order valence-electron chi connectivity index (χ1n) is 6.37. The van der Waals surface area contributed by atoms with Crippen LogP contribution in [-0.4, -0.2) is 46.0 Å². The molecule has 6 heteroatoms. The number of carbonyl (C=O) groups excluding carboxylic acids is 3. The molecule has 0 N–H and O–H groups in total. The van der Waals surface area contributed by atoms with Gasteiger partial charge >= 0.3 is 11.9 Å². The smallest absolute Gasteiger partial charge is 0.320 e. The summed E-state index contributed by atoms with van der Waals surface area (Å²) in [5.41, 5.74) is 1.38. The van der Waals surface area contributed by atoms with E-state index < -0.39 is 17.9 Å². The highest BCUT2D eigenvalue weighted by atomic mass is 16.5. The highest BCUT2D eigenvalue weighted by molar-refractivity contribution is 6.04. The van der Waals surface area contributed by atoms with Crippen LogP contribution >= 0.6 is 0 Å². The van der Waals surface area contributed by atoms with Crippen molar-refractivity contribution in [2.75, 3.05) is 33.2 Å². The number of hydrogen-bond acceptors (Lipinski definition) is 6. The molecule has 0 fully saturated rings. The van der Waals surface area contributed by atoms with Crippen molar-refractivity contribution in [2.24, 2.45) is 5.92 Å². The molecule has 1 aromatic rings. The van der Waals surface area contributed by atoms with Gasteiger partial charge < -0.3 is 14.4 Å². The quantitative estimate of drug-likeness (QED) is 0.447. The summed E-state index contributed by atoms with van der Waals surface area (Å²) in [4.78, 5) is 37.1. The zero-order chi connectivity index (χ0) is 16.0. The van der Waals surface area contributed by atoms with Crippen LogP contribution in [0.25, 0.3) is 0 Å². The molecule has 21 heavy (non-hydrogen) atoms. The largest absolute Gasteiger partial charge is 0.468 e. The first-order valence-corrected chi connectivity index (χ1v) is 6.37. The highest BCUT2D eigenvalue weighted by Gasteiger charge is 2.31. The topological polar surface area (TPSA) is 72.9 Å². The Morgan fingerprint density at radius 3 is 1.86 bits per heavy atom. The van der Waals surface area contributed by atoms with E-state index in [-0.39, 0.29) is 12.2 Å². The number of benzene rings is 1. The van der Waals surface area contributed by atoms with Crippen LogP contribution in [0.15, 0.2) is 24.3 Å². The molecule has 1 rings (SSSR count). The number of hydrogen-bond donors (Lipinski definition) is 0. The Hall–Kier alpha value is -2.37. The lowest BCUT2D eigenvalue weighted by Crippen LogP contribution is -2.29. The second-order valence-corrected chi connectivity index (χ2v) is 4.67. The fourth-order valence-electron chi connectivity index (χ4n) is 1.80. The van der Waals surface area contributed by atoms with Gasteiger partial charge in [0.05, 0.1) is 14.2 Å². The van der Waals surface area contributed by atoms with Crippen LogP contribution in [0, 0.1) is 5.92 Å². The molecule has 0 aromatic heterocycles. The van der Waals surface area contributed by atoms with E-state index in [1.54, 1.807) is 24.3 Å². The van der Waals surface area contributed by atoms with Gasteiger partial charge in [-0.3, -0.25) is 14.4 Å². The van der Waals surface area contributed by atoms with Crippen LogP contribution in [0.3, 0.4) is 0 Å². The van der Waals surface area contributed by atoms with E-state index in [0.29, 0.717) is 5.56 Å². The fraction of sp³-hybridized carbons (Fsp3) is 0.400. The molecule has 0 radical (unpaired) electrons. The summed E-state index contributed by atoms with van der Waals surface area (Å²) < 4.78 is 9.05. The molecule has 114 valence electrons. The molecule has 0 aliphatic carbocycles. The average Bonchev–Trinajstić information content (AvgIpc) is 2.50. The number of ether oxygens (including phenoxy) is 2. The molecule has 0 aliphatic rings. The Balaban J connectivity index is 2.86. The van der Waals surface area contributed by atoms with Gasteiger partial charge in [0.2, 0.25) is 0 Å². The van der Waals surface area contributed by atoms with E-state index in [1.807, 2.05) is 19.0 Å². The molecule has 0 heterocycles. The van der Waals surface area contributed by atoms with Crippen molar-refractivity contribution < 1.29 is 23.9 Å². The average molecular weight is 293 g/mol. The van der Waals surface area contributed by atoms with Gasteiger partial charge in [0, 0.05) is 31.8 Å². The molecular formula is C15H19NO5. The molecular weight excluding hydrogens is 274 g/mol. The molecule has 0 amide bonds. The molecule has 6 nitrogen and oxygen atoms in total. The van der Waals surface area contributed by atoms with E-state index in [9.17, 15) is 14.4 Å². The van der Waals surface area contributed by atoms with E-state index in [1.165, 1.54) is 0 Å². The van der Waals surface area contributed by atoms with Gasteiger partial charge in [-0.25, -0.2) is 0 Å². The summed E-state index contributed by atoms with van der Waals surface area (Å²) in [6.07, 6.45) is -0.277. The summed E-state index contributed by atoms with van der Waals surface area (Å²) in [6, 6.07) is 6.89. The number of carbonyl (C=O) groups is 3. The second-order valence-electron chi connectivity index (χ2n) is 4.67. The van der Waals surface area contributed by atoms with Gasteiger partial charge in [0.25, 0.3) is 0 Å². The predicted octanol–water partition coefficient (Wildman–Crippen LogP) is 1.29. The molecule has 0 aliphatic heterocycles. The van der Waals surface area contributed by atoms with Crippen molar-refractivity contribution >= 4 is 23.4 Å². The van der Waals surface area contributed by atoms with Crippen molar-refractivity contribution in [3.05, 3.63) is 29.8 Å². The number of esters is 2. The Kier molecular flexibility index (Phi) is 5.90. The standard InChI is InChI=1S/C15H19NO5/c1-16(2)11-7-5-10(6-8-11)13(17)9-12(14(18)20-3)15(19)21-4/h5-8,12H,9H2,1-4H3. The van der Waals surface area contributed by atoms with Crippen molar-refractivity contribution in [3.8, 4) is 0 Å². The van der Waals surface area contributed by atoms with Crippen LogP contribution in [0.5, 0.6) is 0 Å². The summed E-state index contributed by atoms with van der Waals surface area (Å²) >= 11 is 0. The third-order valence-electron chi connectivity index (χ3n) is 3.07. The van der Waals surface area contributed by atoms with Gasteiger partial charge in [0.1, 0.15) is 0 Å². The zero-order valence-electron chi connectivity index (χ0n) is 12.6. The lowest BCUT2D eigenvalue weighted by molar-refractivity contribution is -0.158. The van der Waals surface area contributed by atoms with Gasteiger partial charge in [0.15, 0.2) is 11.7 Å². The third kappa shape index (κ3) is 4.30. The lowest BCUT2D eigenvalue weighted by Gasteiger charge is -2.14. The Bertz CT molecular complexity index is 505. The van der Waals surface area contributed by atoms with Crippen LogP contribution in [0.4, 0.5) is 5.69 Å². The molecule has 1 aromatic carbocycles. The Labute approximate surface area is 123 Å². The summed E-state index contributed by atoms with van der Waals surface area (Å²) in [7, 11) is 6.10.